The number of ether oxygens (including phenoxy) is 6. The molecule has 70 heavy (non-hydrogen) atoms. The van der Waals surface area contributed by atoms with Crippen molar-refractivity contribution in [2.24, 2.45) is 29.1 Å². The summed E-state index contributed by atoms with van der Waals surface area (Å²) in [7, 11) is 0. The van der Waals surface area contributed by atoms with Gasteiger partial charge in [0.25, 0.3) is 5.91 Å². The normalized spacial score (nSPS) is 33.6. The van der Waals surface area contributed by atoms with Crippen molar-refractivity contribution in [2.45, 2.75) is 134 Å². The number of carbonyl (C=O) groups is 4. The molecule has 1 spiro atoms. The molecule has 0 radical (unpaired) electrons. The highest BCUT2D eigenvalue weighted by atomic mass is 16.6. The topological polar surface area (TPSA) is 130 Å². The summed E-state index contributed by atoms with van der Waals surface area (Å²) in [4.78, 5) is 58.0. The first-order valence-electron chi connectivity index (χ1n) is 24.8. The largest absolute Gasteiger partial charge is 0.481 e. The minimum atomic E-state index is -0.462. The second-order valence-corrected chi connectivity index (χ2v) is 22.1. The Morgan fingerprint density at radius 3 is 2.17 bits per heavy atom. The zero-order valence-electron chi connectivity index (χ0n) is 40.6. The number of anilines is 1. The van der Waals surface area contributed by atoms with Gasteiger partial charge in [-0.25, -0.2) is 4.90 Å². The Labute approximate surface area is 410 Å². The van der Waals surface area contributed by atoms with Gasteiger partial charge in [0.2, 0.25) is 17.7 Å². The molecule has 12 nitrogen and oxygen atoms in total. The van der Waals surface area contributed by atoms with E-state index in [0.29, 0.717) is 77.3 Å². The van der Waals surface area contributed by atoms with Gasteiger partial charge < -0.3 is 28.4 Å². The summed E-state index contributed by atoms with van der Waals surface area (Å²) in [5.41, 5.74) is 4.45. The first-order chi connectivity index (χ1) is 33.5. The van der Waals surface area contributed by atoms with E-state index in [9.17, 15) is 19.2 Å². The average Bonchev–Trinajstić information content (AvgIpc) is 3.92. The van der Waals surface area contributed by atoms with Crippen LogP contribution in [0.4, 0.5) is 5.69 Å². The van der Waals surface area contributed by atoms with Gasteiger partial charge in [-0.1, -0.05) is 57.8 Å². The van der Waals surface area contributed by atoms with E-state index in [1.165, 1.54) is 20.9 Å². The lowest BCUT2D eigenvalue weighted by Gasteiger charge is -2.52. The Morgan fingerprint density at radius 2 is 1.53 bits per heavy atom. The van der Waals surface area contributed by atoms with Gasteiger partial charge in [-0.3, -0.25) is 24.1 Å². The monoisotopic (exact) mass is 944 g/mol. The number of nitrogens with zero attached hydrogens (tertiary/aromatic N) is 2. The highest BCUT2D eigenvalue weighted by Gasteiger charge is 2.67. The Balaban J connectivity index is 0.857. The van der Waals surface area contributed by atoms with Crippen LogP contribution in [0.5, 0.6) is 17.2 Å². The number of terminal acetylenes is 2. The predicted molar refractivity (Wildman–Crippen MR) is 260 cm³/mol. The van der Waals surface area contributed by atoms with Gasteiger partial charge in [0.15, 0.2) is 23.0 Å². The SMILES string of the molecule is C#CCOc1ccc(N2C(=O)C/C(=C\C3=C(CC=C)Oc4cc5c(c(C)c4O3)[C@@]3(CC5(C)C)CC(C)(C)C4CC5OC6CC7C(=O)N(C8=CCC(OCC#C)C=C8)C(=O)C7CC6OC5CC43)C2=O)cc1. The molecule has 5 aliphatic carbocycles. The molecule has 6 fully saturated rings. The van der Waals surface area contributed by atoms with Crippen molar-refractivity contribution < 1.29 is 47.6 Å². The van der Waals surface area contributed by atoms with Gasteiger partial charge in [0.1, 0.15) is 19.0 Å². The molecule has 0 bridgehead atoms. The maximum absolute atomic E-state index is 14.1. The van der Waals surface area contributed by atoms with Crippen LogP contribution in [0, 0.1) is 60.7 Å². The first-order valence-corrected chi connectivity index (χ1v) is 24.8. The van der Waals surface area contributed by atoms with Gasteiger partial charge in [-0.05, 0) is 134 Å². The maximum atomic E-state index is 14.1. The lowest BCUT2D eigenvalue weighted by atomic mass is 9.63. The molecule has 9 unspecified atom stereocenters. The van der Waals surface area contributed by atoms with E-state index in [4.69, 9.17) is 41.3 Å². The van der Waals surface area contributed by atoms with Crippen molar-refractivity contribution in [2.75, 3.05) is 18.1 Å². The number of benzene rings is 2. The van der Waals surface area contributed by atoms with Crippen LogP contribution in [0.25, 0.3) is 0 Å². The molecular formula is C58H60N2O10. The highest BCUT2D eigenvalue weighted by Crippen LogP contribution is 2.71. The zero-order valence-corrected chi connectivity index (χ0v) is 40.6. The first kappa shape index (κ1) is 46.2. The summed E-state index contributed by atoms with van der Waals surface area (Å²) in [6.07, 6.45) is 23.9. The van der Waals surface area contributed by atoms with E-state index in [-0.39, 0.29) is 90.0 Å². The number of rotatable bonds is 9. The second-order valence-electron chi connectivity index (χ2n) is 22.1. The number of hydrogen-bond acceptors (Lipinski definition) is 10. The fourth-order valence-electron chi connectivity index (χ4n) is 14.4. The summed E-state index contributed by atoms with van der Waals surface area (Å²) in [6, 6.07) is 8.86. The quantitative estimate of drug-likeness (QED) is 0.104. The molecule has 0 aromatic heterocycles. The minimum absolute atomic E-state index is 0.0335. The van der Waals surface area contributed by atoms with Gasteiger partial charge in [0, 0.05) is 23.1 Å². The molecule has 3 saturated heterocycles. The predicted octanol–water partition coefficient (Wildman–Crippen LogP) is 8.61. The fraction of sp³-hybridized carbons (Fsp3) is 0.483. The summed E-state index contributed by atoms with van der Waals surface area (Å²) in [6.45, 7) is 15.9. The molecule has 4 aliphatic heterocycles. The molecule has 12 heteroatoms. The van der Waals surface area contributed by atoms with Crippen LogP contribution in [0.2, 0.25) is 0 Å². The summed E-state index contributed by atoms with van der Waals surface area (Å²) < 4.78 is 39.0. The van der Waals surface area contributed by atoms with Crippen molar-refractivity contribution in [3.8, 4) is 41.9 Å². The standard InChI is InChI=1S/C58H60N2O10/c1-9-12-43-44(23-33-24-50(61)59(53(33)62)34-13-17-36(18-14-34)65-21-10-2)70-52-32(4)51-42(29-49(52)67-43)57(7,8)31-58(51)30-56(5,6)40-27-47-48(28-41(40)58)69-46-26-39-38(25-45(46)68-47)54(63)60(55(39)64)35-15-19-37(20-16-35)66-22-11-3/h2-3,9,13-19,23,29,37-41,45-48H,1,12,20-22,24-28,30-31H2,4-8H3/b33-23+/t37?,38?,39?,40?,41?,45?,46?,47?,48?,58-/m1/s1. The molecule has 11 rings (SSSR count). The average molecular weight is 945 g/mol. The number of allylic oxidation sites excluding steroid dienone is 3. The molecule has 4 amide bonds. The van der Waals surface area contributed by atoms with E-state index in [2.05, 4.69) is 59.1 Å². The number of imide groups is 2. The maximum Gasteiger partial charge on any atom is 0.261 e. The molecule has 3 saturated carbocycles. The third-order valence-electron chi connectivity index (χ3n) is 17.0. The van der Waals surface area contributed by atoms with E-state index < -0.39 is 17.7 Å². The second kappa shape index (κ2) is 17.0. The number of amides is 4. The lowest BCUT2D eigenvalue weighted by molar-refractivity contribution is -0.259. The smallest absolute Gasteiger partial charge is 0.261 e. The van der Waals surface area contributed by atoms with Crippen LogP contribution in [-0.2, 0) is 44.2 Å². The molecule has 2 aromatic carbocycles. The van der Waals surface area contributed by atoms with Crippen molar-refractivity contribution in [1.29, 1.82) is 0 Å². The van der Waals surface area contributed by atoms with E-state index >= 15 is 0 Å². The molecule has 2 aromatic rings. The third-order valence-corrected chi connectivity index (χ3v) is 17.0. The van der Waals surface area contributed by atoms with E-state index in [1.54, 1.807) is 42.5 Å². The number of fused-ring (bicyclic) bond motifs is 8. The van der Waals surface area contributed by atoms with Crippen molar-refractivity contribution >= 4 is 29.3 Å². The van der Waals surface area contributed by atoms with Crippen LogP contribution in [0.15, 0.2) is 90.1 Å². The third kappa shape index (κ3) is 7.31. The Bertz CT molecular complexity index is 2830. The van der Waals surface area contributed by atoms with Crippen molar-refractivity contribution in [3.63, 3.8) is 0 Å². The number of likely N-dealkylation sites (tertiary alicyclic amines) is 1. The van der Waals surface area contributed by atoms with Gasteiger partial charge in [-0.2, -0.15) is 0 Å². The van der Waals surface area contributed by atoms with Gasteiger partial charge in [0.05, 0.1) is 54.5 Å². The lowest BCUT2D eigenvalue weighted by Crippen LogP contribution is -2.57. The molecular weight excluding hydrogens is 885 g/mol. The van der Waals surface area contributed by atoms with Crippen molar-refractivity contribution in [3.05, 3.63) is 107 Å². The minimum Gasteiger partial charge on any atom is -0.481 e. The van der Waals surface area contributed by atoms with Gasteiger partial charge in [-0.15, -0.1) is 19.4 Å². The highest BCUT2D eigenvalue weighted by molar-refractivity contribution is 6.28. The fourth-order valence-corrected chi connectivity index (χ4v) is 14.4. The van der Waals surface area contributed by atoms with Crippen molar-refractivity contribution in [1.82, 2.24) is 4.90 Å². The number of carbonyl (C=O) groups excluding carboxylic acids is 4. The summed E-state index contributed by atoms with van der Waals surface area (Å²) in [5.74, 6) is 6.16. The Morgan fingerprint density at radius 1 is 0.857 bits per heavy atom. The van der Waals surface area contributed by atoms with Crippen LogP contribution in [0.1, 0.15) is 102 Å². The van der Waals surface area contributed by atoms with Crippen LogP contribution in [-0.4, -0.2) is 72.3 Å². The Kier molecular flexibility index (Phi) is 11.2. The van der Waals surface area contributed by atoms with Crippen LogP contribution < -0.4 is 19.1 Å². The Hall–Kier alpha value is -6.18. The molecule has 10 atom stereocenters. The molecule has 362 valence electrons. The van der Waals surface area contributed by atoms with E-state index in [0.717, 1.165) is 31.2 Å². The summed E-state index contributed by atoms with van der Waals surface area (Å²) in [5, 5.41) is 0. The van der Waals surface area contributed by atoms with Crippen LogP contribution in [0.3, 0.4) is 0 Å². The molecule has 4 heterocycles. The zero-order chi connectivity index (χ0) is 49.0. The summed E-state index contributed by atoms with van der Waals surface area (Å²) >= 11 is 0. The number of hydrogen-bond donors (Lipinski definition) is 0. The van der Waals surface area contributed by atoms with Crippen LogP contribution >= 0.6 is 0 Å². The molecule has 0 N–H and O–H groups in total. The van der Waals surface area contributed by atoms with Gasteiger partial charge >= 0.3 is 0 Å². The van der Waals surface area contributed by atoms with E-state index in [1.807, 2.05) is 12.2 Å². The molecule has 9 aliphatic rings.